The third-order valence-electron chi connectivity index (χ3n) is 8.44. The van der Waals surface area contributed by atoms with Gasteiger partial charge < -0.3 is 5.11 Å². The van der Waals surface area contributed by atoms with Crippen LogP contribution >= 0.6 is 0 Å². The highest BCUT2D eigenvalue weighted by atomic mass is 16.4. The molecule has 146 valence electrons. The Labute approximate surface area is 161 Å². The summed E-state index contributed by atoms with van der Waals surface area (Å²) in [4.78, 5) is 36.9. The summed E-state index contributed by atoms with van der Waals surface area (Å²) < 4.78 is 0. The molecule has 1 unspecified atom stereocenters. The molecule has 0 radical (unpaired) electrons. The molecule has 0 aliphatic heterocycles. The topological polar surface area (TPSA) is 71.4 Å². The Balaban J connectivity index is 1.80. The van der Waals surface area contributed by atoms with Crippen LogP contribution in [0.4, 0.5) is 0 Å². The molecule has 7 atom stereocenters. The first-order chi connectivity index (χ1) is 12.6. The van der Waals surface area contributed by atoms with Crippen molar-refractivity contribution < 1.29 is 19.5 Å². The van der Waals surface area contributed by atoms with Gasteiger partial charge in [0.1, 0.15) is 5.78 Å². The van der Waals surface area contributed by atoms with Gasteiger partial charge in [-0.05, 0) is 59.8 Å². The largest absolute Gasteiger partial charge is 0.478 e. The molecule has 0 heterocycles. The van der Waals surface area contributed by atoms with Crippen molar-refractivity contribution in [1.82, 2.24) is 0 Å². The molecule has 0 spiro atoms. The second-order valence-electron chi connectivity index (χ2n) is 10.0. The number of hydrogen-bond donors (Lipinski definition) is 1. The summed E-state index contributed by atoms with van der Waals surface area (Å²) in [5.74, 6) is 0.675. The summed E-state index contributed by atoms with van der Waals surface area (Å²) in [5.41, 5.74) is 1.59. The number of carbonyl (C=O) groups is 3. The van der Waals surface area contributed by atoms with Gasteiger partial charge in [0, 0.05) is 24.8 Å². The van der Waals surface area contributed by atoms with Gasteiger partial charge in [-0.2, -0.15) is 0 Å². The highest BCUT2D eigenvalue weighted by Crippen LogP contribution is 2.67. The number of ketones is 2. The summed E-state index contributed by atoms with van der Waals surface area (Å²) >= 11 is 0. The maximum Gasteiger partial charge on any atom is 0.328 e. The van der Waals surface area contributed by atoms with Gasteiger partial charge in [-0.1, -0.05) is 38.8 Å². The van der Waals surface area contributed by atoms with E-state index in [1.165, 1.54) is 11.6 Å². The second kappa shape index (κ2) is 5.89. The van der Waals surface area contributed by atoms with E-state index in [9.17, 15) is 19.5 Å². The summed E-state index contributed by atoms with van der Waals surface area (Å²) in [6.07, 6.45) is 6.84. The predicted octanol–water partition coefficient (Wildman–Crippen LogP) is 4.20. The molecule has 27 heavy (non-hydrogen) atoms. The quantitative estimate of drug-likeness (QED) is 0.702. The van der Waals surface area contributed by atoms with E-state index in [1.54, 1.807) is 0 Å². The van der Waals surface area contributed by atoms with Crippen LogP contribution in [0, 0.1) is 40.4 Å². The van der Waals surface area contributed by atoms with Crippen LogP contribution < -0.4 is 0 Å². The van der Waals surface area contributed by atoms with Crippen molar-refractivity contribution in [2.45, 2.75) is 59.8 Å². The second-order valence-corrected chi connectivity index (χ2v) is 10.0. The lowest BCUT2D eigenvalue weighted by molar-refractivity contribution is -0.144. The van der Waals surface area contributed by atoms with Gasteiger partial charge in [0.05, 0.1) is 0 Å². The Morgan fingerprint density at radius 3 is 2.52 bits per heavy atom. The average Bonchev–Trinajstić information content (AvgIpc) is 2.80. The Hall–Kier alpha value is -1.71. The lowest BCUT2D eigenvalue weighted by Gasteiger charge is -2.58. The van der Waals surface area contributed by atoms with E-state index in [4.69, 9.17) is 0 Å². The van der Waals surface area contributed by atoms with Crippen LogP contribution in [0.25, 0.3) is 0 Å². The first kappa shape index (κ1) is 18.6. The molecule has 3 saturated carbocycles. The maximum atomic E-state index is 13.5. The third kappa shape index (κ3) is 2.51. The van der Waals surface area contributed by atoms with Crippen LogP contribution in [0.1, 0.15) is 59.8 Å². The van der Waals surface area contributed by atoms with Crippen molar-refractivity contribution in [1.29, 1.82) is 0 Å². The molecule has 0 aromatic carbocycles. The van der Waals surface area contributed by atoms with E-state index >= 15 is 0 Å². The average molecular weight is 370 g/mol. The first-order valence-corrected chi connectivity index (χ1v) is 10.3. The fourth-order valence-electron chi connectivity index (χ4n) is 7.45. The minimum Gasteiger partial charge on any atom is -0.478 e. The predicted molar refractivity (Wildman–Crippen MR) is 102 cm³/mol. The zero-order valence-electron chi connectivity index (χ0n) is 16.7. The van der Waals surface area contributed by atoms with Crippen molar-refractivity contribution in [3.63, 3.8) is 0 Å². The van der Waals surface area contributed by atoms with Crippen molar-refractivity contribution in [2.75, 3.05) is 0 Å². The maximum absolute atomic E-state index is 13.5. The fourth-order valence-corrected chi connectivity index (χ4v) is 7.45. The number of allylic oxidation sites excluding steroid dienone is 2. The van der Waals surface area contributed by atoms with Gasteiger partial charge in [0.25, 0.3) is 0 Å². The van der Waals surface area contributed by atoms with E-state index in [-0.39, 0.29) is 40.2 Å². The van der Waals surface area contributed by atoms with E-state index in [2.05, 4.69) is 27.7 Å². The number of hydrogen-bond acceptors (Lipinski definition) is 3. The minimum absolute atomic E-state index is 0.0255. The van der Waals surface area contributed by atoms with Crippen LogP contribution in [-0.2, 0) is 14.4 Å². The molecule has 0 aromatic rings. The van der Waals surface area contributed by atoms with E-state index < -0.39 is 5.97 Å². The van der Waals surface area contributed by atoms with Gasteiger partial charge >= 0.3 is 5.97 Å². The van der Waals surface area contributed by atoms with Crippen molar-refractivity contribution >= 4 is 17.5 Å². The molecule has 4 aliphatic carbocycles. The zero-order chi connectivity index (χ0) is 19.7. The molecule has 0 amide bonds. The Kier molecular flexibility index (Phi) is 4.07. The summed E-state index contributed by atoms with van der Waals surface area (Å²) in [6.45, 7) is 8.62. The van der Waals surface area contributed by atoms with Gasteiger partial charge in [-0.3, -0.25) is 9.59 Å². The molecule has 4 nitrogen and oxygen atoms in total. The van der Waals surface area contributed by atoms with E-state index in [0.29, 0.717) is 24.7 Å². The third-order valence-corrected chi connectivity index (χ3v) is 8.44. The summed E-state index contributed by atoms with van der Waals surface area (Å²) in [7, 11) is 0. The van der Waals surface area contributed by atoms with Crippen LogP contribution in [0.3, 0.4) is 0 Å². The highest BCUT2D eigenvalue weighted by Gasteiger charge is 2.63. The van der Waals surface area contributed by atoms with Gasteiger partial charge in [0.2, 0.25) is 0 Å². The van der Waals surface area contributed by atoms with Gasteiger partial charge in [-0.15, -0.1) is 0 Å². The van der Waals surface area contributed by atoms with Crippen molar-refractivity contribution in [3.05, 3.63) is 23.3 Å². The molecule has 4 rings (SSSR count). The molecule has 1 N–H and O–H groups in total. The monoisotopic (exact) mass is 370 g/mol. The number of aliphatic carboxylic acids is 1. The van der Waals surface area contributed by atoms with Crippen LogP contribution in [0.15, 0.2) is 23.3 Å². The molecule has 3 fully saturated rings. The van der Waals surface area contributed by atoms with Crippen LogP contribution in [-0.4, -0.2) is 22.6 Å². The molecule has 4 aliphatic rings. The lowest BCUT2D eigenvalue weighted by atomic mass is 9.45. The Morgan fingerprint density at radius 2 is 1.85 bits per heavy atom. The van der Waals surface area contributed by atoms with E-state index in [1.807, 2.05) is 6.08 Å². The molecule has 0 aromatic heterocycles. The Bertz CT molecular complexity index is 790. The number of rotatable bonds is 1. The number of carboxylic acid groups (broad SMARTS) is 1. The van der Waals surface area contributed by atoms with Gasteiger partial charge in [-0.25, -0.2) is 4.79 Å². The molecule has 0 saturated heterocycles. The fraction of sp³-hybridized carbons (Fsp3) is 0.696. The summed E-state index contributed by atoms with van der Waals surface area (Å²) in [6, 6.07) is 0. The normalized spacial score (nSPS) is 47.9. The SMILES string of the molecule is CC1C[C@H]2[C@@H]3C[C@H](C)C4=CC(=O)CC[C@]4(C)[C@H]3C(=O)C[C@]2(C)C1=CC(=O)O. The van der Waals surface area contributed by atoms with Crippen molar-refractivity contribution in [3.8, 4) is 0 Å². The highest BCUT2D eigenvalue weighted by molar-refractivity contribution is 5.93. The molecular weight excluding hydrogens is 340 g/mol. The first-order valence-electron chi connectivity index (χ1n) is 10.3. The minimum atomic E-state index is -0.909. The van der Waals surface area contributed by atoms with E-state index in [0.717, 1.165) is 24.8 Å². The number of carboxylic acids is 1. The Morgan fingerprint density at radius 1 is 1.15 bits per heavy atom. The molecular formula is C23H30O4. The number of Topliss-reactive ketones (excluding diaryl/α,β-unsaturated/α-hetero) is 1. The number of fused-ring (bicyclic) bond motifs is 5. The standard InChI is InChI=1S/C23H30O4/c1-12-7-15-18-8-13(2)17(10-20(26)27)23(18,4)11-19(25)21(15)22(3)6-5-14(24)9-16(12)22/h9-10,12-13,15,18,21H,5-8,11H2,1-4H3,(H,26,27)/t12-,13?,15-,18-,21+,22-,23+/m0/s1. The van der Waals surface area contributed by atoms with Crippen LogP contribution in [0.2, 0.25) is 0 Å². The molecule has 4 heteroatoms. The smallest absolute Gasteiger partial charge is 0.328 e. The summed E-state index contributed by atoms with van der Waals surface area (Å²) in [5, 5.41) is 9.36. The lowest BCUT2D eigenvalue weighted by Crippen LogP contribution is -2.55. The number of carbonyl (C=O) groups excluding carboxylic acids is 2. The van der Waals surface area contributed by atoms with Crippen molar-refractivity contribution in [2.24, 2.45) is 40.4 Å². The molecule has 0 bridgehead atoms. The van der Waals surface area contributed by atoms with Gasteiger partial charge in [0.15, 0.2) is 5.78 Å². The zero-order valence-corrected chi connectivity index (χ0v) is 16.7. The van der Waals surface area contributed by atoms with Crippen LogP contribution in [0.5, 0.6) is 0 Å².